The highest BCUT2D eigenvalue weighted by atomic mass is 32.2. The third-order valence-electron chi connectivity index (χ3n) is 1.85. The molecule has 0 spiro atoms. The van der Waals surface area contributed by atoms with Gasteiger partial charge < -0.3 is 9.63 Å². The fourth-order valence-electron chi connectivity index (χ4n) is 1.08. The molecule has 0 bridgehead atoms. The molecule has 0 aromatic carbocycles. The summed E-state index contributed by atoms with van der Waals surface area (Å²) >= 11 is 1.80. The van der Waals surface area contributed by atoms with Gasteiger partial charge in [0, 0.05) is 13.0 Å². The molecule has 1 heterocycles. The molecular formula is C10H18N2O2S. The quantitative estimate of drug-likeness (QED) is 0.726. The van der Waals surface area contributed by atoms with E-state index in [1.54, 1.807) is 11.8 Å². The maximum Gasteiger partial charge on any atom is 0.226 e. The fourth-order valence-corrected chi connectivity index (χ4v) is 1.68. The molecule has 86 valence electrons. The molecule has 0 atom stereocenters. The number of thioether (sulfide) groups is 1. The highest BCUT2D eigenvalue weighted by molar-refractivity contribution is 7.99. The van der Waals surface area contributed by atoms with Crippen LogP contribution in [0.5, 0.6) is 0 Å². The average Bonchev–Trinajstić information content (AvgIpc) is 2.63. The van der Waals surface area contributed by atoms with Gasteiger partial charge in [0.25, 0.3) is 0 Å². The van der Waals surface area contributed by atoms with Crippen LogP contribution in [0.15, 0.2) is 4.52 Å². The summed E-state index contributed by atoms with van der Waals surface area (Å²) in [5.74, 6) is 2.26. The smallest absolute Gasteiger partial charge is 0.226 e. The molecule has 1 aromatic heterocycles. The minimum atomic E-state index is 0.226. The molecule has 0 unspecified atom stereocenters. The van der Waals surface area contributed by atoms with Crippen LogP contribution in [0.2, 0.25) is 0 Å². The topological polar surface area (TPSA) is 59.2 Å². The van der Waals surface area contributed by atoms with Gasteiger partial charge in [-0.25, -0.2) is 0 Å². The van der Waals surface area contributed by atoms with Crippen LogP contribution in [0.3, 0.4) is 0 Å². The Kier molecular flexibility index (Phi) is 5.71. The molecule has 5 heteroatoms. The Hall–Kier alpha value is -0.550. The van der Waals surface area contributed by atoms with Crippen molar-refractivity contribution in [2.45, 2.75) is 44.1 Å². The van der Waals surface area contributed by atoms with Gasteiger partial charge in [-0.1, -0.05) is 19.0 Å². The van der Waals surface area contributed by atoms with E-state index in [1.807, 2.05) is 0 Å². The number of hydrogen-bond acceptors (Lipinski definition) is 5. The van der Waals surface area contributed by atoms with Crippen molar-refractivity contribution in [3.8, 4) is 0 Å². The van der Waals surface area contributed by atoms with Gasteiger partial charge in [0.2, 0.25) is 5.89 Å². The zero-order chi connectivity index (χ0) is 11.1. The predicted octanol–water partition coefficient (Wildman–Crippen LogP) is 2.03. The van der Waals surface area contributed by atoms with Crippen LogP contribution < -0.4 is 0 Å². The number of unbranched alkanes of at least 4 members (excludes halogenated alkanes) is 1. The Balaban J connectivity index is 2.29. The number of nitrogens with zero attached hydrogens (tertiary/aromatic N) is 2. The van der Waals surface area contributed by atoms with Gasteiger partial charge in [0.15, 0.2) is 5.82 Å². The third-order valence-corrected chi connectivity index (χ3v) is 2.95. The van der Waals surface area contributed by atoms with Crippen molar-refractivity contribution in [1.29, 1.82) is 0 Å². The first kappa shape index (κ1) is 12.5. The zero-order valence-corrected chi connectivity index (χ0v) is 10.1. The summed E-state index contributed by atoms with van der Waals surface area (Å²) in [7, 11) is 0. The Morgan fingerprint density at radius 3 is 2.87 bits per heavy atom. The Bertz CT molecular complexity index is 276. The van der Waals surface area contributed by atoms with Crippen molar-refractivity contribution in [2.75, 3.05) is 6.61 Å². The molecule has 0 aliphatic rings. The third kappa shape index (κ3) is 5.18. The van der Waals surface area contributed by atoms with Crippen LogP contribution in [0.1, 0.15) is 38.4 Å². The van der Waals surface area contributed by atoms with Crippen molar-refractivity contribution < 1.29 is 9.63 Å². The van der Waals surface area contributed by atoms with Crippen LogP contribution in [0, 0.1) is 0 Å². The van der Waals surface area contributed by atoms with E-state index in [-0.39, 0.29) is 6.61 Å². The summed E-state index contributed by atoms with van der Waals surface area (Å²) in [6, 6.07) is 0. The van der Waals surface area contributed by atoms with Crippen molar-refractivity contribution in [3.05, 3.63) is 11.7 Å². The molecular weight excluding hydrogens is 212 g/mol. The van der Waals surface area contributed by atoms with E-state index in [0.29, 0.717) is 11.1 Å². The van der Waals surface area contributed by atoms with E-state index >= 15 is 0 Å². The standard InChI is InChI=1S/C10H18N2O2S/c1-8(2)15-7-9-11-10(14-12-9)5-3-4-6-13/h8,13H,3-7H2,1-2H3. The normalized spacial score (nSPS) is 11.2. The van der Waals surface area contributed by atoms with E-state index in [1.165, 1.54) is 0 Å². The summed E-state index contributed by atoms with van der Waals surface area (Å²) in [6.07, 6.45) is 2.45. The number of aliphatic hydroxyl groups is 1. The minimum absolute atomic E-state index is 0.226. The number of aliphatic hydroxyl groups excluding tert-OH is 1. The Labute approximate surface area is 94.5 Å². The van der Waals surface area contributed by atoms with Gasteiger partial charge in [0.05, 0.1) is 5.75 Å². The summed E-state index contributed by atoms with van der Waals surface area (Å²) in [5, 5.41) is 13.1. The number of aromatic nitrogens is 2. The van der Waals surface area contributed by atoms with E-state index < -0.39 is 0 Å². The molecule has 15 heavy (non-hydrogen) atoms. The fraction of sp³-hybridized carbons (Fsp3) is 0.800. The molecule has 0 amide bonds. The van der Waals surface area contributed by atoms with E-state index in [9.17, 15) is 0 Å². The number of rotatable bonds is 7. The number of aryl methyl sites for hydroxylation is 1. The maximum atomic E-state index is 8.62. The lowest BCUT2D eigenvalue weighted by Gasteiger charge is -1.99. The zero-order valence-electron chi connectivity index (χ0n) is 9.27. The summed E-state index contributed by atoms with van der Waals surface area (Å²) in [4.78, 5) is 4.27. The van der Waals surface area contributed by atoms with Gasteiger partial charge in [-0.2, -0.15) is 16.7 Å². The van der Waals surface area contributed by atoms with Gasteiger partial charge in [0.1, 0.15) is 0 Å². The monoisotopic (exact) mass is 230 g/mol. The molecule has 4 nitrogen and oxygen atoms in total. The first-order valence-electron chi connectivity index (χ1n) is 5.26. The molecule has 1 rings (SSSR count). The van der Waals surface area contributed by atoms with E-state index in [2.05, 4.69) is 24.0 Å². The van der Waals surface area contributed by atoms with Gasteiger partial charge >= 0.3 is 0 Å². The largest absolute Gasteiger partial charge is 0.396 e. The second-order valence-electron chi connectivity index (χ2n) is 3.64. The summed E-state index contributed by atoms with van der Waals surface area (Å²) in [5.41, 5.74) is 0. The molecule has 0 radical (unpaired) electrons. The second kappa shape index (κ2) is 6.85. The highest BCUT2D eigenvalue weighted by Gasteiger charge is 2.06. The second-order valence-corrected chi connectivity index (χ2v) is 5.21. The molecule has 0 aliphatic carbocycles. The molecule has 0 aliphatic heterocycles. The van der Waals surface area contributed by atoms with E-state index in [4.69, 9.17) is 9.63 Å². The summed E-state index contributed by atoms with van der Waals surface area (Å²) < 4.78 is 5.09. The van der Waals surface area contributed by atoms with Crippen LogP contribution in [0.4, 0.5) is 0 Å². The van der Waals surface area contributed by atoms with Crippen LogP contribution >= 0.6 is 11.8 Å². The summed E-state index contributed by atoms with van der Waals surface area (Å²) in [6.45, 7) is 4.52. The van der Waals surface area contributed by atoms with Crippen LogP contribution in [0.25, 0.3) is 0 Å². The van der Waals surface area contributed by atoms with Crippen LogP contribution in [-0.4, -0.2) is 27.1 Å². The molecule has 0 saturated carbocycles. The van der Waals surface area contributed by atoms with Gasteiger partial charge in [-0.15, -0.1) is 0 Å². The first-order valence-corrected chi connectivity index (χ1v) is 6.31. The molecule has 1 N–H and O–H groups in total. The van der Waals surface area contributed by atoms with Crippen LogP contribution in [-0.2, 0) is 12.2 Å². The maximum absolute atomic E-state index is 8.62. The van der Waals surface area contributed by atoms with Gasteiger partial charge in [-0.3, -0.25) is 0 Å². The predicted molar refractivity (Wildman–Crippen MR) is 60.8 cm³/mol. The Morgan fingerprint density at radius 2 is 2.20 bits per heavy atom. The van der Waals surface area contributed by atoms with Crippen molar-refractivity contribution in [1.82, 2.24) is 10.1 Å². The van der Waals surface area contributed by atoms with Crippen molar-refractivity contribution in [3.63, 3.8) is 0 Å². The average molecular weight is 230 g/mol. The molecule has 0 fully saturated rings. The van der Waals surface area contributed by atoms with E-state index in [0.717, 1.165) is 30.8 Å². The van der Waals surface area contributed by atoms with Crippen molar-refractivity contribution >= 4 is 11.8 Å². The molecule has 0 saturated heterocycles. The molecule has 1 aromatic rings. The lowest BCUT2D eigenvalue weighted by molar-refractivity contribution is 0.280. The first-order chi connectivity index (χ1) is 7.22. The minimum Gasteiger partial charge on any atom is -0.396 e. The lowest BCUT2D eigenvalue weighted by Crippen LogP contribution is -1.92. The lowest BCUT2D eigenvalue weighted by atomic mass is 10.2. The van der Waals surface area contributed by atoms with Gasteiger partial charge in [-0.05, 0) is 18.1 Å². The SMILES string of the molecule is CC(C)SCc1noc(CCCCO)n1. The van der Waals surface area contributed by atoms with Crippen molar-refractivity contribution in [2.24, 2.45) is 0 Å². The Morgan fingerprint density at radius 1 is 1.40 bits per heavy atom. The number of hydrogen-bond donors (Lipinski definition) is 1. The highest BCUT2D eigenvalue weighted by Crippen LogP contribution is 2.15.